The fourth-order valence-corrected chi connectivity index (χ4v) is 2.46. The van der Waals surface area contributed by atoms with Gasteiger partial charge < -0.3 is 4.90 Å². The van der Waals surface area contributed by atoms with E-state index in [0.29, 0.717) is 11.9 Å². The summed E-state index contributed by atoms with van der Waals surface area (Å²) in [5.41, 5.74) is 0. The van der Waals surface area contributed by atoms with Gasteiger partial charge in [0.25, 0.3) is 0 Å². The van der Waals surface area contributed by atoms with Crippen molar-refractivity contribution >= 4 is 29.2 Å². The van der Waals surface area contributed by atoms with E-state index in [-0.39, 0.29) is 10.6 Å². The highest BCUT2D eigenvalue weighted by molar-refractivity contribution is 6.31. The van der Waals surface area contributed by atoms with Crippen molar-refractivity contribution in [2.24, 2.45) is 5.92 Å². The van der Waals surface area contributed by atoms with Gasteiger partial charge in [-0.05, 0) is 29.1 Å². The van der Waals surface area contributed by atoms with Gasteiger partial charge in [0, 0.05) is 32.7 Å². The van der Waals surface area contributed by atoms with Gasteiger partial charge in [0.15, 0.2) is 0 Å². The van der Waals surface area contributed by atoms with Gasteiger partial charge in [-0.25, -0.2) is 0 Å². The second-order valence-electron chi connectivity index (χ2n) is 4.85. The van der Waals surface area contributed by atoms with Crippen molar-refractivity contribution in [2.45, 2.75) is 13.8 Å². The molecule has 0 unspecified atom stereocenters. The number of piperazine rings is 1. The van der Waals surface area contributed by atoms with E-state index in [1.54, 1.807) is 0 Å². The second-order valence-corrected chi connectivity index (χ2v) is 5.53. The fourth-order valence-electron chi connectivity index (χ4n) is 2.10. The van der Waals surface area contributed by atoms with Crippen molar-refractivity contribution in [3.05, 3.63) is 10.6 Å². The summed E-state index contributed by atoms with van der Waals surface area (Å²) in [5, 5.41) is 0.296. The van der Waals surface area contributed by atoms with Crippen molar-refractivity contribution in [3.63, 3.8) is 0 Å². The summed E-state index contributed by atoms with van der Waals surface area (Å²) in [4.78, 5) is 16.5. The van der Waals surface area contributed by atoms with Crippen LogP contribution in [0.1, 0.15) is 13.8 Å². The zero-order valence-corrected chi connectivity index (χ0v) is 12.1. The summed E-state index contributed by atoms with van der Waals surface area (Å²) in [7, 11) is 0. The lowest BCUT2D eigenvalue weighted by molar-refractivity contribution is 0.230. The van der Waals surface area contributed by atoms with Gasteiger partial charge in [-0.15, -0.1) is 0 Å². The second kappa shape index (κ2) is 5.99. The topological polar surface area (TPSA) is 45.2 Å². The number of rotatable bonds is 3. The third-order valence-corrected chi connectivity index (χ3v) is 3.19. The van der Waals surface area contributed by atoms with E-state index in [9.17, 15) is 0 Å². The lowest BCUT2D eigenvalue weighted by Crippen LogP contribution is -2.48. The number of hydrogen-bond donors (Lipinski definition) is 0. The van der Waals surface area contributed by atoms with Gasteiger partial charge in [-0.2, -0.15) is 15.0 Å². The molecule has 0 amide bonds. The summed E-state index contributed by atoms with van der Waals surface area (Å²) < 4.78 is 0. The van der Waals surface area contributed by atoms with E-state index in [4.69, 9.17) is 23.2 Å². The van der Waals surface area contributed by atoms with E-state index in [1.807, 2.05) is 0 Å². The zero-order valence-electron chi connectivity index (χ0n) is 10.6. The first-order chi connectivity index (χ1) is 8.54. The van der Waals surface area contributed by atoms with Crippen molar-refractivity contribution in [1.82, 2.24) is 19.9 Å². The van der Waals surface area contributed by atoms with Crippen LogP contribution in [0.15, 0.2) is 0 Å². The lowest BCUT2D eigenvalue weighted by atomic mass is 10.2. The van der Waals surface area contributed by atoms with Crippen LogP contribution < -0.4 is 4.90 Å². The summed E-state index contributed by atoms with van der Waals surface area (Å²) in [6.07, 6.45) is 0. The minimum absolute atomic E-state index is 0.148. The number of aromatic nitrogens is 3. The molecule has 1 saturated heterocycles. The molecule has 0 spiro atoms. The minimum atomic E-state index is 0.148. The highest BCUT2D eigenvalue weighted by atomic mass is 35.5. The first-order valence-corrected chi connectivity index (χ1v) is 6.84. The van der Waals surface area contributed by atoms with Crippen LogP contribution in [0, 0.1) is 5.92 Å². The van der Waals surface area contributed by atoms with Crippen LogP contribution in [0.2, 0.25) is 10.6 Å². The smallest absolute Gasteiger partial charge is 0.231 e. The Morgan fingerprint density at radius 2 is 1.56 bits per heavy atom. The van der Waals surface area contributed by atoms with Crippen LogP contribution in [0.4, 0.5) is 5.95 Å². The minimum Gasteiger partial charge on any atom is -0.338 e. The molecule has 5 nitrogen and oxygen atoms in total. The third kappa shape index (κ3) is 3.67. The highest BCUT2D eigenvalue weighted by Gasteiger charge is 2.20. The van der Waals surface area contributed by atoms with Crippen LogP contribution in [-0.4, -0.2) is 52.6 Å². The Bertz CT molecular complexity index is 384. The average Bonchev–Trinajstić information content (AvgIpc) is 2.27. The molecular weight excluding hydrogens is 273 g/mol. The largest absolute Gasteiger partial charge is 0.338 e. The molecule has 1 aliphatic rings. The van der Waals surface area contributed by atoms with Crippen LogP contribution in [-0.2, 0) is 0 Å². The monoisotopic (exact) mass is 289 g/mol. The van der Waals surface area contributed by atoms with Gasteiger partial charge in [-0.1, -0.05) is 13.8 Å². The molecule has 18 heavy (non-hydrogen) atoms. The SMILES string of the molecule is CC(C)CN1CCN(c2nc(Cl)nc(Cl)n2)CC1. The Morgan fingerprint density at radius 1 is 1.00 bits per heavy atom. The number of nitrogens with zero attached hydrogens (tertiary/aromatic N) is 5. The third-order valence-electron chi connectivity index (χ3n) is 2.85. The lowest BCUT2D eigenvalue weighted by Gasteiger charge is -2.35. The first-order valence-electron chi connectivity index (χ1n) is 6.09. The number of hydrogen-bond acceptors (Lipinski definition) is 5. The Balaban J connectivity index is 1.96. The van der Waals surface area contributed by atoms with Gasteiger partial charge in [0.1, 0.15) is 0 Å². The molecule has 2 rings (SSSR count). The number of halogens is 2. The Morgan fingerprint density at radius 3 is 2.06 bits per heavy atom. The number of anilines is 1. The van der Waals surface area contributed by atoms with Gasteiger partial charge in [0.2, 0.25) is 16.5 Å². The normalized spacial score (nSPS) is 17.5. The van der Waals surface area contributed by atoms with Crippen molar-refractivity contribution < 1.29 is 0 Å². The molecule has 1 aromatic heterocycles. The first kappa shape index (κ1) is 13.8. The quantitative estimate of drug-likeness (QED) is 0.851. The molecular formula is C11H17Cl2N5. The molecule has 1 fully saturated rings. The molecule has 0 bridgehead atoms. The maximum absolute atomic E-state index is 5.78. The molecule has 0 N–H and O–H groups in total. The molecule has 0 saturated carbocycles. The summed E-state index contributed by atoms with van der Waals surface area (Å²) >= 11 is 11.6. The predicted octanol–water partition coefficient (Wildman–Crippen LogP) is 1.96. The standard InChI is InChI=1S/C11H17Cl2N5/c1-8(2)7-17-3-5-18(6-4-17)11-15-9(12)14-10(13)16-11/h8H,3-7H2,1-2H3. The van der Waals surface area contributed by atoms with Crippen molar-refractivity contribution in [3.8, 4) is 0 Å². The van der Waals surface area contributed by atoms with Crippen LogP contribution in [0.25, 0.3) is 0 Å². The molecule has 0 radical (unpaired) electrons. The van der Waals surface area contributed by atoms with E-state index in [2.05, 4.69) is 38.6 Å². The predicted molar refractivity (Wildman–Crippen MR) is 73.3 cm³/mol. The summed E-state index contributed by atoms with van der Waals surface area (Å²) in [6, 6.07) is 0. The van der Waals surface area contributed by atoms with Crippen molar-refractivity contribution in [2.75, 3.05) is 37.6 Å². The molecule has 100 valence electrons. The molecule has 1 aromatic rings. The molecule has 7 heteroatoms. The molecule has 1 aliphatic heterocycles. The van der Waals surface area contributed by atoms with Gasteiger partial charge in [-0.3, -0.25) is 4.90 Å². The molecule has 0 aromatic carbocycles. The summed E-state index contributed by atoms with van der Waals surface area (Å²) in [5.74, 6) is 1.27. The summed E-state index contributed by atoms with van der Waals surface area (Å²) in [6.45, 7) is 9.41. The molecule has 0 atom stereocenters. The Labute approximate surface area is 117 Å². The van der Waals surface area contributed by atoms with E-state index in [1.165, 1.54) is 0 Å². The maximum Gasteiger partial charge on any atom is 0.231 e. The fraction of sp³-hybridized carbons (Fsp3) is 0.727. The van der Waals surface area contributed by atoms with E-state index < -0.39 is 0 Å². The van der Waals surface area contributed by atoms with Crippen LogP contribution in [0.3, 0.4) is 0 Å². The van der Waals surface area contributed by atoms with Gasteiger partial charge in [0.05, 0.1) is 0 Å². The molecule has 2 heterocycles. The maximum atomic E-state index is 5.78. The molecule has 0 aliphatic carbocycles. The van der Waals surface area contributed by atoms with Gasteiger partial charge >= 0.3 is 0 Å². The Kier molecular flexibility index (Phi) is 4.59. The zero-order chi connectivity index (χ0) is 13.1. The van der Waals surface area contributed by atoms with E-state index in [0.717, 1.165) is 32.7 Å². The Hall–Kier alpha value is -0.650. The van der Waals surface area contributed by atoms with E-state index >= 15 is 0 Å². The highest BCUT2D eigenvalue weighted by Crippen LogP contribution is 2.16. The van der Waals surface area contributed by atoms with Crippen LogP contribution in [0.5, 0.6) is 0 Å². The average molecular weight is 290 g/mol. The van der Waals surface area contributed by atoms with Crippen molar-refractivity contribution in [1.29, 1.82) is 0 Å². The van der Waals surface area contributed by atoms with Crippen LogP contribution >= 0.6 is 23.2 Å².